The third-order valence-electron chi connectivity index (χ3n) is 3.94. The Hall–Kier alpha value is -1.96. The first-order valence-corrected chi connectivity index (χ1v) is 9.47. The van der Waals surface area contributed by atoms with Crippen LogP contribution >= 0.6 is 27.5 Å². The number of carbonyl (C=O) groups excluding carboxylic acids is 1. The van der Waals surface area contributed by atoms with E-state index >= 15 is 0 Å². The molecule has 0 aliphatic carbocycles. The molecule has 0 unspecified atom stereocenters. The molecule has 1 aliphatic heterocycles. The molecule has 1 saturated heterocycles. The lowest BCUT2D eigenvalue weighted by Gasteiger charge is -2.26. The zero-order chi connectivity index (χ0) is 19.2. The van der Waals surface area contributed by atoms with Crippen molar-refractivity contribution in [3.8, 4) is 5.75 Å². The van der Waals surface area contributed by atoms with Gasteiger partial charge in [-0.1, -0.05) is 11.6 Å². The highest BCUT2D eigenvalue weighted by Crippen LogP contribution is 2.26. The second kappa shape index (κ2) is 9.30. The molecule has 0 spiro atoms. The van der Waals surface area contributed by atoms with Gasteiger partial charge in [-0.15, -0.1) is 0 Å². The lowest BCUT2D eigenvalue weighted by molar-refractivity contribution is -0.137. The van der Waals surface area contributed by atoms with Gasteiger partial charge >= 0.3 is 0 Å². The lowest BCUT2D eigenvalue weighted by Crippen LogP contribution is -2.43. The fourth-order valence-electron chi connectivity index (χ4n) is 2.47. The summed E-state index contributed by atoms with van der Waals surface area (Å²) in [5, 5.41) is 0.0273. The third kappa shape index (κ3) is 5.51. The summed E-state index contributed by atoms with van der Waals surface area (Å²) in [6, 6.07) is 9.67. The number of aliphatic imine (C=N–C) groups is 1. The molecule has 1 heterocycles. The number of hydrogen-bond donors (Lipinski definition) is 0. The molecule has 1 aliphatic rings. The molecule has 0 N–H and O–H groups in total. The molecule has 0 bridgehead atoms. The van der Waals surface area contributed by atoms with Crippen molar-refractivity contribution in [1.82, 2.24) is 4.90 Å². The van der Waals surface area contributed by atoms with Gasteiger partial charge in [0, 0.05) is 19.3 Å². The molecule has 1 fully saturated rings. The molecule has 27 heavy (non-hydrogen) atoms. The quantitative estimate of drug-likeness (QED) is 0.634. The average Bonchev–Trinajstić information content (AvgIpc) is 2.68. The Morgan fingerprint density at radius 3 is 2.78 bits per heavy atom. The molecule has 0 atom stereocenters. The first-order chi connectivity index (χ1) is 13.0. The maximum Gasteiger partial charge on any atom is 0.260 e. The van der Waals surface area contributed by atoms with Gasteiger partial charge in [-0.2, -0.15) is 0 Å². The fourth-order valence-corrected chi connectivity index (χ4v) is 3.16. The second-order valence-corrected chi connectivity index (χ2v) is 7.09. The molecule has 2 aromatic carbocycles. The number of amides is 1. The van der Waals surface area contributed by atoms with E-state index in [1.54, 1.807) is 23.2 Å². The van der Waals surface area contributed by atoms with E-state index in [-0.39, 0.29) is 17.5 Å². The van der Waals surface area contributed by atoms with E-state index in [4.69, 9.17) is 21.1 Å². The van der Waals surface area contributed by atoms with Gasteiger partial charge in [0.15, 0.2) is 6.61 Å². The summed E-state index contributed by atoms with van der Waals surface area (Å²) in [5.74, 6) is 0.0223. The highest BCUT2D eigenvalue weighted by atomic mass is 79.9. The van der Waals surface area contributed by atoms with Crippen LogP contribution in [0, 0.1) is 5.82 Å². The molecule has 0 radical (unpaired) electrons. The van der Waals surface area contributed by atoms with Crippen molar-refractivity contribution in [1.29, 1.82) is 0 Å². The SMILES string of the molecule is O=C(COc1ccc(C=Nc2ccc(F)c(Cl)c2)cc1Br)N1CCOCC1. The van der Waals surface area contributed by atoms with Crippen molar-refractivity contribution in [3.05, 3.63) is 57.3 Å². The maximum atomic E-state index is 13.2. The average molecular weight is 456 g/mol. The number of nitrogens with zero attached hydrogens (tertiary/aromatic N) is 2. The summed E-state index contributed by atoms with van der Waals surface area (Å²) in [4.78, 5) is 18.1. The predicted molar refractivity (Wildman–Crippen MR) is 106 cm³/mol. The van der Waals surface area contributed by atoms with Gasteiger partial charge in [-0.25, -0.2) is 4.39 Å². The van der Waals surface area contributed by atoms with Crippen LogP contribution < -0.4 is 4.74 Å². The van der Waals surface area contributed by atoms with Crippen LogP contribution in [0.15, 0.2) is 45.9 Å². The normalized spacial score (nSPS) is 14.6. The van der Waals surface area contributed by atoms with Gasteiger partial charge in [0.25, 0.3) is 5.91 Å². The fraction of sp³-hybridized carbons (Fsp3) is 0.263. The van der Waals surface area contributed by atoms with Crippen LogP contribution in [0.25, 0.3) is 0 Å². The lowest BCUT2D eigenvalue weighted by atomic mass is 10.2. The summed E-state index contributed by atoms with van der Waals surface area (Å²) in [6.07, 6.45) is 1.64. The minimum Gasteiger partial charge on any atom is -0.483 e. The number of carbonyl (C=O) groups is 1. The van der Waals surface area contributed by atoms with Crippen LogP contribution in [0.4, 0.5) is 10.1 Å². The number of halogens is 3. The Bertz CT molecular complexity index is 857. The minimum atomic E-state index is -0.480. The van der Waals surface area contributed by atoms with Crippen molar-refractivity contribution in [3.63, 3.8) is 0 Å². The molecule has 142 valence electrons. The van der Waals surface area contributed by atoms with E-state index in [9.17, 15) is 9.18 Å². The molecule has 0 aromatic heterocycles. The van der Waals surface area contributed by atoms with E-state index in [1.807, 2.05) is 12.1 Å². The predicted octanol–water partition coefficient (Wildman–Crippen LogP) is 4.23. The molecular formula is C19H17BrClFN2O3. The summed E-state index contributed by atoms with van der Waals surface area (Å²) >= 11 is 9.19. The Labute approximate surface area is 169 Å². The monoisotopic (exact) mass is 454 g/mol. The molecule has 3 rings (SSSR count). The van der Waals surface area contributed by atoms with E-state index in [1.165, 1.54) is 12.1 Å². The topological polar surface area (TPSA) is 51.1 Å². The molecule has 5 nitrogen and oxygen atoms in total. The van der Waals surface area contributed by atoms with Gasteiger partial charge in [0.05, 0.1) is 28.4 Å². The molecule has 0 saturated carbocycles. The van der Waals surface area contributed by atoms with Crippen LogP contribution in [-0.2, 0) is 9.53 Å². The maximum absolute atomic E-state index is 13.2. The van der Waals surface area contributed by atoms with Crippen LogP contribution in [-0.4, -0.2) is 49.9 Å². The zero-order valence-corrected chi connectivity index (χ0v) is 16.7. The highest BCUT2D eigenvalue weighted by Gasteiger charge is 2.17. The van der Waals surface area contributed by atoms with Crippen molar-refractivity contribution in [2.75, 3.05) is 32.9 Å². The number of benzene rings is 2. The Morgan fingerprint density at radius 1 is 1.30 bits per heavy atom. The van der Waals surface area contributed by atoms with Crippen molar-refractivity contribution < 1.29 is 18.7 Å². The minimum absolute atomic E-state index is 0.0273. The van der Waals surface area contributed by atoms with Gasteiger partial charge in [0.1, 0.15) is 11.6 Å². The van der Waals surface area contributed by atoms with Crippen LogP contribution in [0.3, 0.4) is 0 Å². The molecular weight excluding hydrogens is 439 g/mol. The summed E-state index contributed by atoms with van der Waals surface area (Å²) in [6.45, 7) is 2.27. The van der Waals surface area contributed by atoms with Crippen molar-refractivity contribution >= 4 is 45.3 Å². The molecule has 1 amide bonds. The van der Waals surface area contributed by atoms with Gasteiger partial charge < -0.3 is 14.4 Å². The zero-order valence-electron chi connectivity index (χ0n) is 14.3. The van der Waals surface area contributed by atoms with Crippen molar-refractivity contribution in [2.45, 2.75) is 0 Å². The molecule has 2 aromatic rings. The van der Waals surface area contributed by atoms with Crippen LogP contribution in [0.1, 0.15) is 5.56 Å². The van der Waals surface area contributed by atoms with Gasteiger partial charge in [0.2, 0.25) is 0 Å². The number of morpholine rings is 1. The first kappa shape index (κ1) is 19.8. The highest BCUT2D eigenvalue weighted by molar-refractivity contribution is 9.10. The Morgan fingerprint density at radius 2 is 2.07 bits per heavy atom. The Balaban J connectivity index is 1.60. The second-order valence-electron chi connectivity index (χ2n) is 5.83. The van der Waals surface area contributed by atoms with Crippen molar-refractivity contribution in [2.24, 2.45) is 4.99 Å². The Kier molecular flexibility index (Phi) is 6.82. The third-order valence-corrected chi connectivity index (χ3v) is 4.85. The van der Waals surface area contributed by atoms with E-state index in [0.717, 1.165) is 5.56 Å². The number of rotatable bonds is 5. The standard InChI is InChI=1S/C19H17BrClFN2O3/c20-15-9-13(11-23-14-2-3-17(22)16(21)10-14)1-4-18(15)27-12-19(25)24-5-7-26-8-6-24/h1-4,9-11H,5-8,12H2. The largest absolute Gasteiger partial charge is 0.483 e. The van der Waals surface area contributed by atoms with Gasteiger partial charge in [-0.05, 0) is 57.9 Å². The number of hydrogen-bond acceptors (Lipinski definition) is 4. The summed E-state index contributed by atoms with van der Waals surface area (Å²) < 4.78 is 24.7. The van der Waals surface area contributed by atoms with E-state index < -0.39 is 5.82 Å². The summed E-state index contributed by atoms with van der Waals surface area (Å²) in [7, 11) is 0. The number of ether oxygens (including phenoxy) is 2. The van der Waals surface area contributed by atoms with E-state index in [2.05, 4.69) is 20.9 Å². The first-order valence-electron chi connectivity index (χ1n) is 8.30. The van der Waals surface area contributed by atoms with Crippen LogP contribution in [0.2, 0.25) is 5.02 Å². The summed E-state index contributed by atoms with van der Waals surface area (Å²) in [5.41, 5.74) is 1.36. The van der Waals surface area contributed by atoms with Gasteiger partial charge in [-0.3, -0.25) is 9.79 Å². The van der Waals surface area contributed by atoms with Crippen LogP contribution in [0.5, 0.6) is 5.75 Å². The smallest absolute Gasteiger partial charge is 0.260 e. The van der Waals surface area contributed by atoms with E-state index in [0.29, 0.717) is 42.2 Å². The molecule has 8 heteroatoms.